The maximum absolute atomic E-state index is 14.7. The summed E-state index contributed by atoms with van der Waals surface area (Å²) in [6.45, 7) is 7.74. The van der Waals surface area contributed by atoms with Crippen LogP contribution in [0.25, 0.3) is 0 Å². The van der Waals surface area contributed by atoms with Crippen LogP contribution in [-0.2, 0) is 6.54 Å². The van der Waals surface area contributed by atoms with Crippen LogP contribution in [0.1, 0.15) is 42.4 Å². The van der Waals surface area contributed by atoms with E-state index < -0.39 is 11.9 Å². The lowest BCUT2D eigenvalue weighted by Crippen LogP contribution is -2.31. The van der Waals surface area contributed by atoms with E-state index in [1.807, 2.05) is 32.0 Å². The molecule has 1 saturated heterocycles. The molecule has 2 aromatic carbocycles. The number of hydrogen-bond donors (Lipinski definition) is 2. The molecule has 1 aromatic heterocycles. The Hall–Kier alpha value is -3.72. The highest BCUT2D eigenvalue weighted by molar-refractivity contribution is 5.84. The molecule has 1 amide bonds. The molecule has 0 radical (unpaired) electrons. The fourth-order valence-electron chi connectivity index (χ4n) is 4.43. The van der Waals surface area contributed by atoms with Gasteiger partial charge in [-0.3, -0.25) is 4.90 Å². The van der Waals surface area contributed by atoms with Crippen molar-refractivity contribution in [3.8, 4) is 5.75 Å². The van der Waals surface area contributed by atoms with Gasteiger partial charge in [-0.1, -0.05) is 30.2 Å². The van der Waals surface area contributed by atoms with E-state index in [1.165, 1.54) is 37.6 Å². The van der Waals surface area contributed by atoms with Gasteiger partial charge in [0, 0.05) is 24.5 Å². The standard InChI is InChI=1S/C28H34FN5O3/c1-20-7-8-21(2)22(17-20)19-34(28(35)36)26-11-12-30-27(32-26)31-23-9-10-25(24(29)18-23)37-16-6-15-33-13-4-3-5-14-33/h7-12,17-18H,3-6,13-16,19H2,1-2H3,(H,35,36)(H,30,31,32). The summed E-state index contributed by atoms with van der Waals surface area (Å²) in [7, 11) is 0. The summed E-state index contributed by atoms with van der Waals surface area (Å²) in [5, 5.41) is 12.8. The van der Waals surface area contributed by atoms with Gasteiger partial charge in [-0.25, -0.2) is 14.2 Å². The molecule has 4 rings (SSSR count). The van der Waals surface area contributed by atoms with Crippen LogP contribution in [0.2, 0.25) is 0 Å². The van der Waals surface area contributed by atoms with Crippen molar-refractivity contribution < 1.29 is 19.0 Å². The largest absolute Gasteiger partial charge is 0.490 e. The summed E-state index contributed by atoms with van der Waals surface area (Å²) >= 11 is 0. The molecule has 1 aliphatic heterocycles. The van der Waals surface area contributed by atoms with Crippen LogP contribution in [0, 0.1) is 19.7 Å². The van der Waals surface area contributed by atoms with E-state index in [2.05, 4.69) is 20.2 Å². The zero-order valence-corrected chi connectivity index (χ0v) is 21.4. The zero-order valence-electron chi connectivity index (χ0n) is 21.4. The third-order valence-electron chi connectivity index (χ3n) is 6.49. The number of hydrogen-bond acceptors (Lipinski definition) is 6. The van der Waals surface area contributed by atoms with E-state index in [0.29, 0.717) is 12.3 Å². The van der Waals surface area contributed by atoms with Gasteiger partial charge < -0.3 is 20.1 Å². The van der Waals surface area contributed by atoms with E-state index in [4.69, 9.17) is 4.74 Å². The first kappa shape index (κ1) is 26.3. The quantitative estimate of drug-likeness (QED) is 0.329. The summed E-state index contributed by atoms with van der Waals surface area (Å²) in [6.07, 6.45) is 4.99. The molecule has 1 fully saturated rings. The number of anilines is 3. The average molecular weight is 508 g/mol. The molecule has 9 heteroatoms. The van der Waals surface area contributed by atoms with Gasteiger partial charge in [0.2, 0.25) is 5.95 Å². The van der Waals surface area contributed by atoms with Crippen molar-refractivity contribution in [3.63, 3.8) is 0 Å². The number of rotatable bonds is 10. The molecule has 0 saturated carbocycles. The van der Waals surface area contributed by atoms with Crippen LogP contribution in [0.3, 0.4) is 0 Å². The molecule has 2 heterocycles. The lowest BCUT2D eigenvalue weighted by Gasteiger charge is -2.26. The minimum atomic E-state index is -1.13. The summed E-state index contributed by atoms with van der Waals surface area (Å²) in [5.74, 6) is 0.102. The number of likely N-dealkylation sites (tertiary alicyclic amines) is 1. The maximum Gasteiger partial charge on any atom is 0.413 e. The van der Waals surface area contributed by atoms with Crippen LogP contribution in [0.5, 0.6) is 5.75 Å². The third kappa shape index (κ3) is 7.39. The fraction of sp³-hybridized carbons (Fsp3) is 0.393. The predicted octanol–water partition coefficient (Wildman–Crippen LogP) is 5.92. The highest BCUT2D eigenvalue weighted by Gasteiger charge is 2.18. The van der Waals surface area contributed by atoms with Gasteiger partial charge in [0.1, 0.15) is 5.82 Å². The van der Waals surface area contributed by atoms with E-state index in [1.54, 1.807) is 12.1 Å². The molecular formula is C28H34FN5O3. The van der Waals surface area contributed by atoms with Crippen molar-refractivity contribution in [3.05, 3.63) is 71.2 Å². The number of ether oxygens (including phenoxy) is 1. The Morgan fingerprint density at radius 1 is 1.14 bits per heavy atom. The minimum absolute atomic E-state index is 0.151. The molecule has 0 spiro atoms. The monoisotopic (exact) mass is 507 g/mol. The number of amides is 1. The van der Waals surface area contributed by atoms with Crippen molar-refractivity contribution in [1.29, 1.82) is 0 Å². The Morgan fingerprint density at radius 2 is 1.95 bits per heavy atom. The fourth-order valence-corrected chi connectivity index (χ4v) is 4.43. The van der Waals surface area contributed by atoms with E-state index in [-0.39, 0.29) is 24.1 Å². The maximum atomic E-state index is 14.7. The number of aryl methyl sites for hydroxylation is 2. The second-order valence-electron chi connectivity index (χ2n) is 9.41. The number of nitrogens with zero attached hydrogens (tertiary/aromatic N) is 4. The molecule has 37 heavy (non-hydrogen) atoms. The number of aromatic nitrogens is 2. The summed E-state index contributed by atoms with van der Waals surface area (Å²) in [6, 6.07) is 12.0. The van der Waals surface area contributed by atoms with Crippen molar-refractivity contribution in [2.24, 2.45) is 0 Å². The Kier molecular flexibility index (Phi) is 8.90. The van der Waals surface area contributed by atoms with Gasteiger partial charge in [-0.15, -0.1) is 0 Å². The van der Waals surface area contributed by atoms with Gasteiger partial charge in [0.15, 0.2) is 11.6 Å². The molecule has 0 unspecified atom stereocenters. The van der Waals surface area contributed by atoms with Crippen LogP contribution < -0.4 is 15.0 Å². The number of carboxylic acid groups (broad SMARTS) is 1. The van der Waals surface area contributed by atoms with Crippen molar-refractivity contribution in [2.75, 3.05) is 36.5 Å². The molecular weight excluding hydrogens is 473 g/mol. The first-order chi connectivity index (χ1) is 17.9. The van der Waals surface area contributed by atoms with Crippen LogP contribution >= 0.6 is 0 Å². The third-order valence-corrected chi connectivity index (χ3v) is 6.49. The number of piperidine rings is 1. The molecule has 1 aliphatic rings. The van der Waals surface area contributed by atoms with Crippen LogP contribution in [-0.4, -0.2) is 52.3 Å². The summed E-state index contributed by atoms with van der Waals surface area (Å²) in [5.41, 5.74) is 3.37. The number of carbonyl (C=O) groups is 1. The molecule has 3 aromatic rings. The lowest BCUT2D eigenvalue weighted by molar-refractivity contribution is 0.201. The highest BCUT2D eigenvalue weighted by Crippen LogP contribution is 2.25. The van der Waals surface area contributed by atoms with Gasteiger partial charge >= 0.3 is 6.09 Å². The Balaban J connectivity index is 1.38. The molecule has 0 atom stereocenters. The second-order valence-corrected chi connectivity index (χ2v) is 9.41. The van der Waals surface area contributed by atoms with Gasteiger partial charge in [0.05, 0.1) is 13.2 Å². The highest BCUT2D eigenvalue weighted by atomic mass is 19.1. The number of benzene rings is 2. The SMILES string of the molecule is Cc1ccc(C)c(CN(C(=O)O)c2ccnc(Nc3ccc(OCCCN4CCCCC4)c(F)c3)n2)c1. The normalized spacial score (nSPS) is 13.8. The second kappa shape index (κ2) is 12.5. The minimum Gasteiger partial charge on any atom is -0.490 e. The van der Waals surface area contributed by atoms with E-state index >= 15 is 0 Å². The molecule has 8 nitrogen and oxygen atoms in total. The predicted molar refractivity (Wildman–Crippen MR) is 142 cm³/mol. The summed E-state index contributed by atoms with van der Waals surface area (Å²) in [4.78, 5) is 24.2. The van der Waals surface area contributed by atoms with Gasteiger partial charge in [-0.2, -0.15) is 4.98 Å². The topological polar surface area (TPSA) is 90.8 Å². The average Bonchev–Trinajstić information content (AvgIpc) is 2.88. The molecule has 2 N–H and O–H groups in total. The van der Waals surface area contributed by atoms with Crippen LogP contribution in [0.4, 0.5) is 26.6 Å². The van der Waals surface area contributed by atoms with Gasteiger partial charge in [-0.05, 0) is 75.5 Å². The molecule has 0 bridgehead atoms. The van der Waals surface area contributed by atoms with E-state index in [0.717, 1.165) is 47.6 Å². The Morgan fingerprint density at radius 3 is 2.70 bits per heavy atom. The van der Waals surface area contributed by atoms with Crippen molar-refractivity contribution in [1.82, 2.24) is 14.9 Å². The molecule has 196 valence electrons. The smallest absolute Gasteiger partial charge is 0.413 e. The van der Waals surface area contributed by atoms with Crippen LogP contribution in [0.15, 0.2) is 48.7 Å². The Bertz CT molecular complexity index is 1220. The number of halogens is 1. The van der Waals surface area contributed by atoms with Gasteiger partial charge in [0.25, 0.3) is 0 Å². The van der Waals surface area contributed by atoms with Crippen molar-refractivity contribution in [2.45, 2.75) is 46.1 Å². The van der Waals surface area contributed by atoms with E-state index in [9.17, 15) is 14.3 Å². The number of nitrogens with one attached hydrogen (secondary N) is 1. The molecule has 0 aliphatic carbocycles. The lowest BCUT2D eigenvalue weighted by atomic mass is 10.1. The summed E-state index contributed by atoms with van der Waals surface area (Å²) < 4.78 is 20.3. The zero-order chi connectivity index (χ0) is 26.2. The first-order valence-corrected chi connectivity index (χ1v) is 12.7. The Labute approximate surface area is 217 Å². The van der Waals surface area contributed by atoms with Crippen molar-refractivity contribution >= 4 is 23.5 Å². The first-order valence-electron chi connectivity index (χ1n) is 12.7.